The number of hydrogen-bond donors (Lipinski definition) is 1. The van der Waals surface area contributed by atoms with E-state index in [2.05, 4.69) is 16.3 Å². The first-order valence-electron chi connectivity index (χ1n) is 5.04. The third-order valence-electron chi connectivity index (χ3n) is 2.65. The van der Waals surface area contributed by atoms with Gasteiger partial charge in [-0.25, -0.2) is 0 Å². The van der Waals surface area contributed by atoms with Gasteiger partial charge in [0.25, 0.3) is 5.89 Å². The summed E-state index contributed by atoms with van der Waals surface area (Å²) in [6.07, 6.45) is 4.94. The second-order valence-electron chi connectivity index (χ2n) is 3.71. The number of thiophene rings is 1. The lowest BCUT2D eigenvalue weighted by atomic mass is 9.99. The third-order valence-corrected chi connectivity index (χ3v) is 3.87. The van der Waals surface area contributed by atoms with Crippen LogP contribution in [0.5, 0.6) is 0 Å². The van der Waals surface area contributed by atoms with Gasteiger partial charge >= 0.3 is 6.01 Å². The summed E-state index contributed by atoms with van der Waals surface area (Å²) in [5.41, 5.74) is 6.85. The normalized spacial score (nSPS) is 15.2. The van der Waals surface area contributed by atoms with Crippen molar-refractivity contribution in [2.45, 2.75) is 25.7 Å². The van der Waals surface area contributed by atoms with Gasteiger partial charge in [0.05, 0.1) is 4.88 Å². The third kappa shape index (κ3) is 1.52. The van der Waals surface area contributed by atoms with Crippen molar-refractivity contribution in [1.82, 2.24) is 10.2 Å². The minimum absolute atomic E-state index is 0.136. The summed E-state index contributed by atoms with van der Waals surface area (Å²) in [5.74, 6) is 0.548. The Kier molecular flexibility index (Phi) is 1.98. The first-order chi connectivity index (χ1) is 7.33. The van der Waals surface area contributed by atoms with Crippen LogP contribution in [0, 0.1) is 0 Å². The van der Waals surface area contributed by atoms with Crippen LogP contribution in [-0.2, 0) is 12.8 Å². The zero-order valence-corrected chi connectivity index (χ0v) is 9.01. The molecule has 0 atom stereocenters. The van der Waals surface area contributed by atoms with Gasteiger partial charge in [-0.2, -0.15) is 0 Å². The Morgan fingerprint density at radius 2 is 2.13 bits per heavy atom. The number of hydrogen-bond acceptors (Lipinski definition) is 5. The number of nitrogens with zero attached hydrogens (tertiary/aromatic N) is 2. The van der Waals surface area contributed by atoms with Gasteiger partial charge in [0, 0.05) is 4.88 Å². The number of rotatable bonds is 1. The fraction of sp³-hybridized carbons (Fsp3) is 0.400. The van der Waals surface area contributed by atoms with E-state index in [0.29, 0.717) is 5.89 Å². The summed E-state index contributed by atoms with van der Waals surface area (Å²) in [6.45, 7) is 0. The van der Waals surface area contributed by atoms with E-state index in [0.717, 1.165) is 4.88 Å². The lowest BCUT2D eigenvalue weighted by molar-refractivity contribution is 0.591. The number of aromatic nitrogens is 2. The highest BCUT2D eigenvalue weighted by atomic mass is 32.1. The zero-order chi connectivity index (χ0) is 10.3. The van der Waals surface area contributed by atoms with Crippen LogP contribution in [0.2, 0.25) is 0 Å². The van der Waals surface area contributed by atoms with Crippen LogP contribution in [-0.4, -0.2) is 10.2 Å². The lowest BCUT2D eigenvalue weighted by Gasteiger charge is -2.08. The van der Waals surface area contributed by atoms with E-state index in [9.17, 15) is 0 Å². The van der Waals surface area contributed by atoms with Gasteiger partial charge in [-0.1, -0.05) is 5.10 Å². The summed E-state index contributed by atoms with van der Waals surface area (Å²) >= 11 is 1.75. The number of nitrogen functional groups attached to an aromatic ring is 1. The van der Waals surface area contributed by atoms with Gasteiger partial charge < -0.3 is 10.2 Å². The molecule has 0 bridgehead atoms. The van der Waals surface area contributed by atoms with Gasteiger partial charge in [0.2, 0.25) is 0 Å². The molecule has 0 saturated carbocycles. The Morgan fingerprint density at radius 1 is 1.27 bits per heavy atom. The Bertz CT molecular complexity index is 465. The Morgan fingerprint density at radius 3 is 2.87 bits per heavy atom. The molecule has 0 saturated heterocycles. The molecule has 5 heteroatoms. The van der Waals surface area contributed by atoms with E-state index in [-0.39, 0.29) is 6.01 Å². The fourth-order valence-corrected chi connectivity index (χ4v) is 3.11. The quantitative estimate of drug-likeness (QED) is 0.802. The van der Waals surface area contributed by atoms with Gasteiger partial charge in [0.15, 0.2) is 0 Å². The molecule has 2 N–H and O–H groups in total. The summed E-state index contributed by atoms with van der Waals surface area (Å²) < 4.78 is 5.21. The van der Waals surface area contributed by atoms with Crippen molar-refractivity contribution in [1.29, 1.82) is 0 Å². The van der Waals surface area contributed by atoms with Crippen molar-refractivity contribution < 1.29 is 4.42 Å². The number of nitrogens with two attached hydrogens (primary N) is 1. The zero-order valence-electron chi connectivity index (χ0n) is 8.19. The molecule has 1 aliphatic rings. The van der Waals surface area contributed by atoms with Crippen molar-refractivity contribution in [3.8, 4) is 10.8 Å². The SMILES string of the molecule is Nc1nnc(-c2cc3c(s2)CCCC3)o1. The van der Waals surface area contributed by atoms with E-state index < -0.39 is 0 Å². The maximum atomic E-state index is 5.40. The van der Waals surface area contributed by atoms with Crippen LogP contribution in [0.3, 0.4) is 0 Å². The molecule has 15 heavy (non-hydrogen) atoms. The number of fused-ring (bicyclic) bond motifs is 1. The molecule has 2 aromatic heterocycles. The molecule has 0 amide bonds. The van der Waals surface area contributed by atoms with Crippen LogP contribution in [0.15, 0.2) is 10.5 Å². The molecule has 0 aliphatic heterocycles. The van der Waals surface area contributed by atoms with Crippen LogP contribution in [0.1, 0.15) is 23.3 Å². The molecule has 78 valence electrons. The highest BCUT2D eigenvalue weighted by Gasteiger charge is 2.16. The Balaban J connectivity index is 2.02. The topological polar surface area (TPSA) is 64.9 Å². The van der Waals surface area contributed by atoms with Gasteiger partial charge in [-0.15, -0.1) is 16.4 Å². The van der Waals surface area contributed by atoms with Crippen molar-refractivity contribution >= 4 is 17.4 Å². The molecule has 0 aromatic carbocycles. The standard InChI is InChI=1S/C10H11N3OS/c11-10-13-12-9(14-10)8-5-6-3-1-2-4-7(6)15-8/h5H,1-4H2,(H2,11,13). The van der Waals surface area contributed by atoms with E-state index in [1.54, 1.807) is 11.3 Å². The summed E-state index contributed by atoms with van der Waals surface area (Å²) in [4.78, 5) is 2.51. The van der Waals surface area contributed by atoms with E-state index in [4.69, 9.17) is 10.2 Å². The predicted octanol–water partition coefficient (Wildman–Crippen LogP) is 2.26. The van der Waals surface area contributed by atoms with Crippen molar-refractivity contribution in [2.75, 3.05) is 5.73 Å². The average Bonchev–Trinajstić information content (AvgIpc) is 2.82. The van der Waals surface area contributed by atoms with Crippen LogP contribution in [0.4, 0.5) is 6.01 Å². The van der Waals surface area contributed by atoms with Gasteiger partial charge in [-0.05, 0) is 37.3 Å². The summed E-state index contributed by atoms with van der Waals surface area (Å²) in [6, 6.07) is 2.29. The monoisotopic (exact) mass is 221 g/mol. The minimum atomic E-state index is 0.136. The molecular weight excluding hydrogens is 210 g/mol. The average molecular weight is 221 g/mol. The summed E-state index contributed by atoms with van der Waals surface area (Å²) in [7, 11) is 0. The maximum Gasteiger partial charge on any atom is 0.313 e. The molecule has 0 spiro atoms. The second kappa shape index (κ2) is 3.34. The van der Waals surface area contributed by atoms with Crippen molar-refractivity contribution in [3.63, 3.8) is 0 Å². The minimum Gasteiger partial charge on any atom is -0.403 e. The number of anilines is 1. The molecule has 2 heterocycles. The Hall–Kier alpha value is -1.36. The molecule has 0 unspecified atom stereocenters. The van der Waals surface area contributed by atoms with Crippen LogP contribution >= 0.6 is 11.3 Å². The molecule has 0 fully saturated rings. The molecule has 2 aromatic rings. The largest absolute Gasteiger partial charge is 0.403 e. The highest BCUT2D eigenvalue weighted by molar-refractivity contribution is 7.15. The summed E-state index contributed by atoms with van der Waals surface area (Å²) in [5, 5.41) is 7.57. The van der Waals surface area contributed by atoms with E-state index in [1.807, 2.05) is 0 Å². The predicted molar refractivity (Wildman–Crippen MR) is 58.7 cm³/mol. The van der Waals surface area contributed by atoms with Crippen molar-refractivity contribution in [2.24, 2.45) is 0 Å². The molecule has 0 radical (unpaired) electrons. The first-order valence-corrected chi connectivity index (χ1v) is 5.85. The highest BCUT2D eigenvalue weighted by Crippen LogP contribution is 2.35. The van der Waals surface area contributed by atoms with Crippen molar-refractivity contribution in [3.05, 3.63) is 16.5 Å². The van der Waals surface area contributed by atoms with E-state index >= 15 is 0 Å². The molecule has 1 aliphatic carbocycles. The Labute approximate surface area is 91.1 Å². The number of aryl methyl sites for hydroxylation is 2. The molecular formula is C10H11N3OS. The van der Waals surface area contributed by atoms with Gasteiger partial charge in [0.1, 0.15) is 0 Å². The second-order valence-corrected chi connectivity index (χ2v) is 4.85. The fourth-order valence-electron chi connectivity index (χ4n) is 1.93. The van der Waals surface area contributed by atoms with Crippen LogP contribution < -0.4 is 5.73 Å². The maximum absolute atomic E-state index is 5.40. The van der Waals surface area contributed by atoms with E-state index in [1.165, 1.54) is 36.1 Å². The molecule has 4 nitrogen and oxygen atoms in total. The van der Waals surface area contributed by atoms with Gasteiger partial charge in [-0.3, -0.25) is 0 Å². The molecule has 3 rings (SSSR count). The lowest BCUT2D eigenvalue weighted by Crippen LogP contribution is -1.96. The van der Waals surface area contributed by atoms with Crippen LogP contribution in [0.25, 0.3) is 10.8 Å². The first kappa shape index (κ1) is 8.91. The smallest absolute Gasteiger partial charge is 0.313 e.